The molecule has 1 radical (unpaired) electrons. The molecule has 71 valence electrons. The van der Waals surface area contributed by atoms with Crippen LogP contribution in [-0.4, -0.2) is 0 Å². The fraction of sp³-hybridized carbons (Fsp3) is 0.917. The molecule has 0 N–H and O–H groups in total. The fourth-order valence-corrected chi connectivity index (χ4v) is 2.34. The van der Waals surface area contributed by atoms with Crippen LogP contribution in [0.2, 0.25) is 0 Å². The van der Waals surface area contributed by atoms with Gasteiger partial charge < -0.3 is 0 Å². The second kappa shape index (κ2) is 5.61. The van der Waals surface area contributed by atoms with Crippen molar-refractivity contribution in [2.24, 2.45) is 5.92 Å². The fourth-order valence-electron chi connectivity index (χ4n) is 2.34. The van der Waals surface area contributed by atoms with Crippen LogP contribution in [0.4, 0.5) is 0 Å². The minimum Gasteiger partial charge on any atom is -0.0654 e. The van der Waals surface area contributed by atoms with Crippen molar-refractivity contribution in [2.45, 2.75) is 65.2 Å². The topological polar surface area (TPSA) is 0 Å². The lowest BCUT2D eigenvalue weighted by Gasteiger charge is -2.23. The molecule has 1 unspecified atom stereocenters. The normalized spacial score (nSPS) is 22.5. The van der Waals surface area contributed by atoms with Gasteiger partial charge in [-0.1, -0.05) is 46.0 Å². The standard InChI is InChI=1S/C12H23/c1-3-7-11(2)10-12-8-5-4-6-9-12/h11H,3-10H2,1-2H3. The molecule has 0 aromatic carbocycles. The van der Waals surface area contributed by atoms with Crippen LogP contribution in [0.1, 0.15) is 65.2 Å². The third-order valence-electron chi connectivity index (χ3n) is 2.98. The second-order valence-corrected chi connectivity index (χ2v) is 4.41. The van der Waals surface area contributed by atoms with Crippen LogP contribution >= 0.6 is 0 Å². The average molecular weight is 167 g/mol. The predicted molar refractivity (Wildman–Crippen MR) is 55.0 cm³/mol. The Morgan fingerprint density at radius 2 is 1.83 bits per heavy atom. The zero-order valence-electron chi connectivity index (χ0n) is 8.73. The molecule has 0 spiro atoms. The van der Waals surface area contributed by atoms with Crippen molar-refractivity contribution in [3.63, 3.8) is 0 Å². The summed E-state index contributed by atoms with van der Waals surface area (Å²) in [6.45, 7) is 4.70. The summed E-state index contributed by atoms with van der Waals surface area (Å²) in [4.78, 5) is 0. The second-order valence-electron chi connectivity index (χ2n) is 4.41. The summed E-state index contributed by atoms with van der Waals surface area (Å²) in [5.41, 5.74) is 0. The maximum Gasteiger partial charge on any atom is -0.0238 e. The van der Waals surface area contributed by atoms with Gasteiger partial charge in [-0.05, 0) is 31.1 Å². The van der Waals surface area contributed by atoms with E-state index in [2.05, 4.69) is 13.8 Å². The van der Waals surface area contributed by atoms with E-state index >= 15 is 0 Å². The highest BCUT2D eigenvalue weighted by Crippen LogP contribution is 2.31. The van der Waals surface area contributed by atoms with Crippen LogP contribution in [0, 0.1) is 11.8 Å². The summed E-state index contributed by atoms with van der Waals surface area (Å²) >= 11 is 0. The molecule has 1 fully saturated rings. The largest absolute Gasteiger partial charge is 0.0654 e. The van der Waals surface area contributed by atoms with Crippen LogP contribution in [-0.2, 0) is 0 Å². The molecule has 1 aliphatic carbocycles. The van der Waals surface area contributed by atoms with E-state index in [1.165, 1.54) is 51.4 Å². The first-order chi connectivity index (χ1) is 5.83. The van der Waals surface area contributed by atoms with E-state index in [9.17, 15) is 0 Å². The summed E-state index contributed by atoms with van der Waals surface area (Å²) in [6, 6.07) is 0. The van der Waals surface area contributed by atoms with Gasteiger partial charge in [0.1, 0.15) is 0 Å². The lowest BCUT2D eigenvalue weighted by molar-refractivity contribution is 0.426. The lowest BCUT2D eigenvalue weighted by atomic mass is 9.82. The van der Waals surface area contributed by atoms with Gasteiger partial charge in [0.15, 0.2) is 0 Å². The van der Waals surface area contributed by atoms with Crippen molar-refractivity contribution in [3.05, 3.63) is 5.92 Å². The molecular weight excluding hydrogens is 144 g/mol. The van der Waals surface area contributed by atoms with Crippen molar-refractivity contribution in [1.29, 1.82) is 0 Å². The van der Waals surface area contributed by atoms with Crippen molar-refractivity contribution in [2.75, 3.05) is 0 Å². The van der Waals surface area contributed by atoms with Crippen molar-refractivity contribution < 1.29 is 0 Å². The molecule has 0 aromatic rings. The summed E-state index contributed by atoms with van der Waals surface area (Å²) < 4.78 is 0. The molecule has 1 atom stereocenters. The molecule has 0 nitrogen and oxygen atoms in total. The molecule has 0 bridgehead atoms. The molecule has 0 aliphatic heterocycles. The Morgan fingerprint density at radius 1 is 1.17 bits per heavy atom. The Kier molecular flexibility index (Phi) is 4.72. The van der Waals surface area contributed by atoms with Crippen LogP contribution in [0.25, 0.3) is 0 Å². The molecule has 1 saturated carbocycles. The van der Waals surface area contributed by atoms with Gasteiger partial charge in [-0.2, -0.15) is 0 Å². The van der Waals surface area contributed by atoms with Gasteiger partial charge >= 0.3 is 0 Å². The third kappa shape index (κ3) is 3.60. The van der Waals surface area contributed by atoms with Crippen molar-refractivity contribution >= 4 is 0 Å². The quantitative estimate of drug-likeness (QED) is 0.584. The maximum absolute atomic E-state index is 2.41. The van der Waals surface area contributed by atoms with Crippen LogP contribution in [0.3, 0.4) is 0 Å². The third-order valence-corrected chi connectivity index (χ3v) is 2.98. The molecule has 0 heteroatoms. The Hall–Kier alpha value is 0. The highest BCUT2D eigenvalue weighted by Gasteiger charge is 2.16. The zero-order valence-corrected chi connectivity index (χ0v) is 8.73. The van der Waals surface area contributed by atoms with Gasteiger partial charge in [0.05, 0.1) is 0 Å². The van der Waals surface area contributed by atoms with E-state index in [4.69, 9.17) is 0 Å². The molecule has 0 heterocycles. The Bertz CT molecular complexity index is 101. The lowest BCUT2D eigenvalue weighted by Crippen LogP contribution is -2.08. The molecular formula is C12H23. The van der Waals surface area contributed by atoms with Gasteiger partial charge in [0, 0.05) is 0 Å². The monoisotopic (exact) mass is 167 g/mol. The number of hydrogen-bond acceptors (Lipinski definition) is 0. The van der Waals surface area contributed by atoms with Crippen LogP contribution in [0.15, 0.2) is 0 Å². The van der Waals surface area contributed by atoms with E-state index in [-0.39, 0.29) is 0 Å². The van der Waals surface area contributed by atoms with E-state index in [1.54, 1.807) is 0 Å². The van der Waals surface area contributed by atoms with E-state index < -0.39 is 0 Å². The minimum absolute atomic E-state index is 0.947. The predicted octanol–water partition coefficient (Wildman–Crippen LogP) is 4.35. The van der Waals surface area contributed by atoms with E-state index in [1.807, 2.05) is 5.92 Å². The highest BCUT2D eigenvalue weighted by molar-refractivity contribution is 4.93. The first-order valence-electron chi connectivity index (χ1n) is 5.66. The molecule has 0 aromatic heterocycles. The highest BCUT2D eigenvalue weighted by atomic mass is 14.2. The summed E-state index contributed by atoms with van der Waals surface area (Å²) in [6.07, 6.45) is 11.5. The van der Waals surface area contributed by atoms with E-state index in [0.29, 0.717) is 0 Å². The molecule has 0 amide bonds. The molecule has 1 rings (SSSR count). The summed E-state index contributed by atoms with van der Waals surface area (Å²) in [5.74, 6) is 2.81. The SMILES string of the molecule is CCCC(C)C[C]1CCCCC1. The van der Waals surface area contributed by atoms with Gasteiger partial charge in [-0.15, -0.1) is 0 Å². The Balaban J connectivity index is 2.11. The van der Waals surface area contributed by atoms with Gasteiger partial charge in [0.2, 0.25) is 0 Å². The Morgan fingerprint density at radius 3 is 2.42 bits per heavy atom. The first kappa shape index (κ1) is 10.1. The molecule has 1 aliphatic rings. The number of rotatable bonds is 4. The summed E-state index contributed by atoms with van der Waals surface area (Å²) in [5, 5.41) is 0. The van der Waals surface area contributed by atoms with Crippen LogP contribution < -0.4 is 0 Å². The summed E-state index contributed by atoms with van der Waals surface area (Å²) in [7, 11) is 0. The van der Waals surface area contributed by atoms with Gasteiger partial charge in [-0.3, -0.25) is 0 Å². The van der Waals surface area contributed by atoms with Gasteiger partial charge in [0.25, 0.3) is 0 Å². The number of hydrogen-bond donors (Lipinski definition) is 0. The smallest absolute Gasteiger partial charge is 0.0238 e. The molecule has 0 saturated heterocycles. The van der Waals surface area contributed by atoms with Crippen molar-refractivity contribution in [1.82, 2.24) is 0 Å². The maximum atomic E-state index is 2.41. The first-order valence-corrected chi connectivity index (χ1v) is 5.66. The Labute approximate surface area is 77.7 Å². The van der Waals surface area contributed by atoms with E-state index in [0.717, 1.165) is 5.92 Å². The van der Waals surface area contributed by atoms with Crippen LogP contribution in [0.5, 0.6) is 0 Å². The molecule has 12 heavy (non-hydrogen) atoms. The van der Waals surface area contributed by atoms with Crippen molar-refractivity contribution in [3.8, 4) is 0 Å². The average Bonchev–Trinajstić information content (AvgIpc) is 2.06. The minimum atomic E-state index is 0.947. The van der Waals surface area contributed by atoms with Gasteiger partial charge in [-0.25, -0.2) is 0 Å². The zero-order chi connectivity index (χ0) is 8.81.